The summed E-state index contributed by atoms with van der Waals surface area (Å²) in [6.45, 7) is 3.49. The Labute approximate surface area is 176 Å². The van der Waals surface area contributed by atoms with Crippen LogP contribution in [0.5, 0.6) is 0 Å². The van der Waals surface area contributed by atoms with Gasteiger partial charge >= 0.3 is 0 Å². The molecule has 5 fully saturated rings. The lowest BCUT2D eigenvalue weighted by atomic mass is 9.50. The minimum atomic E-state index is -0.272. The Bertz CT molecular complexity index is 931. The van der Waals surface area contributed by atoms with Gasteiger partial charge in [0, 0.05) is 24.8 Å². The van der Waals surface area contributed by atoms with Crippen LogP contribution in [-0.2, 0) is 5.54 Å². The Morgan fingerprint density at radius 2 is 2.03 bits per heavy atom. The summed E-state index contributed by atoms with van der Waals surface area (Å²) in [5.74, 6) is 3.72. The Kier molecular flexibility index (Phi) is 4.07. The van der Waals surface area contributed by atoms with E-state index in [-0.39, 0.29) is 17.2 Å². The number of anilines is 2. The van der Waals surface area contributed by atoms with Crippen LogP contribution in [0.2, 0.25) is 0 Å². The largest absolute Gasteiger partial charge is 0.391 e. The van der Waals surface area contributed by atoms with Crippen LogP contribution in [-0.4, -0.2) is 60.0 Å². The van der Waals surface area contributed by atoms with Gasteiger partial charge in [0.25, 0.3) is 0 Å². The van der Waals surface area contributed by atoms with Gasteiger partial charge in [0.2, 0.25) is 5.95 Å². The first kappa shape index (κ1) is 18.5. The van der Waals surface area contributed by atoms with Crippen molar-refractivity contribution in [1.29, 1.82) is 0 Å². The summed E-state index contributed by atoms with van der Waals surface area (Å²) in [5.41, 5.74) is -0.0431. The van der Waals surface area contributed by atoms with Gasteiger partial charge in [-0.25, -0.2) is 4.98 Å². The standard InChI is InChI=1S/C21H30N8O/c1-14-25-27-29(26-14)21-10-15-7-16(11-21)9-20(8-15,13-21)24-19-22-5-4-18(23-19)28-6-2-3-17(30)12-28/h4-5,15-17,30H,2-3,6-13H2,1H3,(H,22,23,24). The molecule has 1 aliphatic heterocycles. The second kappa shape index (κ2) is 6.60. The third-order valence-corrected chi connectivity index (χ3v) is 7.71. The topological polar surface area (TPSA) is 105 Å². The summed E-state index contributed by atoms with van der Waals surface area (Å²) in [5, 5.41) is 27.0. The number of β-amino-alcohol motifs (C(OH)–C–C–N with tert-alkyl or cyclic N) is 1. The number of rotatable bonds is 4. The molecule has 30 heavy (non-hydrogen) atoms. The van der Waals surface area contributed by atoms with E-state index in [0.29, 0.717) is 24.3 Å². The van der Waals surface area contributed by atoms with E-state index >= 15 is 0 Å². The van der Waals surface area contributed by atoms with Crippen LogP contribution >= 0.6 is 0 Å². The van der Waals surface area contributed by atoms with Gasteiger partial charge in [0.15, 0.2) is 5.82 Å². The molecule has 4 bridgehead atoms. The smallest absolute Gasteiger partial charge is 0.225 e. The Morgan fingerprint density at radius 3 is 2.77 bits per heavy atom. The molecule has 4 saturated carbocycles. The first-order valence-electron chi connectivity index (χ1n) is 11.3. The minimum absolute atomic E-state index is 0.00828. The average molecular weight is 411 g/mol. The third kappa shape index (κ3) is 3.05. The van der Waals surface area contributed by atoms with E-state index in [1.807, 2.05) is 24.0 Å². The lowest BCUT2D eigenvalue weighted by molar-refractivity contribution is -0.0636. The summed E-state index contributed by atoms with van der Waals surface area (Å²) in [4.78, 5) is 13.5. The number of nitrogens with one attached hydrogen (secondary N) is 1. The van der Waals surface area contributed by atoms with Gasteiger partial charge in [-0.15, -0.1) is 10.2 Å². The SMILES string of the molecule is Cc1nnn(C23CC4CC(CC(Nc5nccc(N6CCCC(O)C6)n5)(C4)C2)C3)n1. The number of tetrazole rings is 1. The molecular formula is C21H30N8O. The van der Waals surface area contributed by atoms with Crippen LogP contribution in [0, 0.1) is 18.8 Å². The maximum atomic E-state index is 10.0. The predicted octanol–water partition coefficient (Wildman–Crippen LogP) is 1.89. The quantitative estimate of drug-likeness (QED) is 0.787. The molecule has 9 nitrogen and oxygen atoms in total. The zero-order chi connectivity index (χ0) is 20.3. The minimum Gasteiger partial charge on any atom is -0.391 e. The first-order chi connectivity index (χ1) is 14.5. The van der Waals surface area contributed by atoms with Crippen molar-refractivity contribution in [2.75, 3.05) is 23.3 Å². The molecule has 2 aromatic heterocycles. The molecule has 0 aromatic carbocycles. The second-order valence-corrected chi connectivity index (χ2v) is 10.2. The van der Waals surface area contributed by atoms with Crippen molar-refractivity contribution in [1.82, 2.24) is 30.2 Å². The summed E-state index contributed by atoms with van der Waals surface area (Å²) < 4.78 is 0. The molecule has 0 radical (unpaired) electrons. The lowest BCUT2D eigenvalue weighted by Crippen LogP contribution is -2.63. The van der Waals surface area contributed by atoms with E-state index in [1.165, 1.54) is 6.42 Å². The van der Waals surface area contributed by atoms with Crippen molar-refractivity contribution < 1.29 is 5.11 Å². The lowest BCUT2D eigenvalue weighted by Gasteiger charge is -2.61. The summed E-state index contributed by atoms with van der Waals surface area (Å²) >= 11 is 0. The summed E-state index contributed by atoms with van der Waals surface area (Å²) in [6, 6.07) is 1.95. The monoisotopic (exact) mass is 410 g/mol. The van der Waals surface area contributed by atoms with Crippen molar-refractivity contribution in [2.45, 2.75) is 75.5 Å². The number of hydrogen-bond donors (Lipinski definition) is 2. The fourth-order valence-corrected chi connectivity index (χ4v) is 7.07. The summed E-state index contributed by atoms with van der Waals surface area (Å²) in [6.07, 6.45) is 10.4. The highest BCUT2D eigenvalue weighted by Gasteiger charge is 2.60. The van der Waals surface area contributed by atoms with Gasteiger partial charge in [-0.2, -0.15) is 9.78 Å². The Hall–Kier alpha value is -2.29. The van der Waals surface area contributed by atoms with Crippen LogP contribution in [0.1, 0.15) is 57.2 Å². The van der Waals surface area contributed by atoms with Crippen LogP contribution in [0.3, 0.4) is 0 Å². The van der Waals surface area contributed by atoms with E-state index < -0.39 is 0 Å². The van der Waals surface area contributed by atoms with Crippen molar-refractivity contribution >= 4 is 11.8 Å². The van der Waals surface area contributed by atoms with Crippen molar-refractivity contribution in [3.63, 3.8) is 0 Å². The molecule has 3 atom stereocenters. The van der Waals surface area contributed by atoms with E-state index in [2.05, 4.69) is 30.6 Å². The molecule has 3 heterocycles. The van der Waals surface area contributed by atoms with Crippen LogP contribution < -0.4 is 10.2 Å². The molecule has 1 saturated heterocycles. The van der Waals surface area contributed by atoms with Gasteiger partial charge in [-0.1, -0.05) is 0 Å². The highest BCUT2D eigenvalue weighted by molar-refractivity contribution is 5.44. The Morgan fingerprint density at radius 1 is 1.20 bits per heavy atom. The molecule has 7 rings (SSSR count). The normalized spacial score (nSPS) is 37.5. The Balaban J connectivity index is 1.28. The van der Waals surface area contributed by atoms with E-state index in [4.69, 9.17) is 4.98 Å². The van der Waals surface area contributed by atoms with Gasteiger partial charge < -0.3 is 15.3 Å². The number of piperidine rings is 1. The molecule has 2 aromatic rings. The second-order valence-electron chi connectivity index (χ2n) is 10.2. The van der Waals surface area contributed by atoms with Crippen molar-refractivity contribution in [3.05, 3.63) is 18.1 Å². The van der Waals surface area contributed by atoms with Gasteiger partial charge in [-0.05, 0) is 81.4 Å². The third-order valence-electron chi connectivity index (χ3n) is 7.71. The maximum Gasteiger partial charge on any atom is 0.225 e. The maximum absolute atomic E-state index is 10.0. The van der Waals surface area contributed by atoms with E-state index in [1.54, 1.807) is 0 Å². The molecule has 5 aliphatic rings. The number of aliphatic hydroxyl groups excluding tert-OH is 1. The number of hydrogen-bond acceptors (Lipinski definition) is 8. The average Bonchev–Trinajstić information content (AvgIpc) is 3.14. The molecule has 2 N–H and O–H groups in total. The fourth-order valence-electron chi connectivity index (χ4n) is 7.07. The number of nitrogens with zero attached hydrogens (tertiary/aromatic N) is 7. The molecule has 0 amide bonds. The summed E-state index contributed by atoms with van der Waals surface area (Å²) in [7, 11) is 0. The van der Waals surface area contributed by atoms with E-state index in [9.17, 15) is 5.11 Å². The van der Waals surface area contributed by atoms with Crippen molar-refractivity contribution in [3.8, 4) is 0 Å². The molecular weight excluding hydrogens is 380 g/mol. The van der Waals surface area contributed by atoms with Crippen LogP contribution in [0.25, 0.3) is 0 Å². The zero-order valence-electron chi connectivity index (χ0n) is 17.5. The number of aliphatic hydroxyl groups is 1. The molecule has 4 aliphatic carbocycles. The van der Waals surface area contributed by atoms with Crippen LogP contribution in [0.15, 0.2) is 12.3 Å². The number of aromatic nitrogens is 6. The van der Waals surface area contributed by atoms with E-state index in [0.717, 1.165) is 63.1 Å². The molecule has 0 spiro atoms. The zero-order valence-corrected chi connectivity index (χ0v) is 17.5. The highest BCUT2D eigenvalue weighted by Crippen LogP contribution is 2.60. The molecule has 160 valence electrons. The molecule has 9 heteroatoms. The number of aryl methyl sites for hydroxylation is 1. The van der Waals surface area contributed by atoms with Crippen molar-refractivity contribution in [2.24, 2.45) is 11.8 Å². The van der Waals surface area contributed by atoms with Gasteiger partial charge in [0.1, 0.15) is 5.82 Å². The molecule has 3 unspecified atom stereocenters. The fraction of sp³-hybridized carbons (Fsp3) is 0.762. The highest BCUT2D eigenvalue weighted by atomic mass is 16.3. The predicted molar refractivity (Wildman–Crippen MR) is 111 cm³/mol. The van der Waals surface area contributed by atoms with Gasteiger partial charge in [0.05, 0.1) is 11.6 Å². The van der Waals surface area contributed by atoms with Gasteiger partial charge in [-0.3, -0.25) is 0 Å². The first-order valence-corrected chi connectivity index (χ1v) is 11.3. The van der Waals surface area contributed by atoms with Crippen LogP contribution in [0.4, 0.5) is 11.8 Å².